The first-order chi connectivity index (χ1) is 11.0. The van der Waals surface area contributed by atoms with Crippen LogP contribution in [0.3, 0.4) is 0 Å². The minimum absolute atomic E-state index is 0. The molecule has 0 aliphatic carbocycles. The average molecular weight is 456 g/mol. The van der Waals surface area contributed by atoms with Crippen molar-refractivity contribution in [2.24, 2.45) is 10.4 Å². The maximum Gasteiger partial charge on any atom is 0.227 e. The van der Waals surface area contributed by atoms with Gasteiger partial charge in [-0.25, -0.2) is 0 Å². The lowest BCUT2D eigenvalue weighted by atomic mass is 9.93. The molecule has 0 saturated carbocycles. The maximum atomic E-state index is 11.8. The number of nitrogens with one attached hydrogen (secondary N) is 3. The monoisotopic (exact) mass is 456 g/mol. The Bertz CT molecular complexity index is 386. The molecule has 1 rings (SSSR count). The van der Waals surface area contributed by atoms with Gasteiger partial charge in [0, 0.05) is 33.4 Å². The summed E-state index contributed by atoms with van der Waals surface area (Å²) >= 11 is 0. The van der Waals surface area contributed by atoms with Crippen LogP contribution in [0.15, 0.2) is 4.99 Å². The van der Waals surface area contributed by atoms with Gasteiger partial charge >= 0.3 is 0 Å². The number of rotatable bonds is 9. The van der Waals surface area contributed by atoms with Crippen molar-refractivity contribution in [2.45, 2.75) is 39.7 Å². The molecule has 1 atom stereocenters. The first-order valence-electron chi connectivity index (χ1n) is 8.43. The molecule has 8 heteroatoms. The minimum Gasteiger partial charge on any atom is -0.379 e. The summed E-state index contributed by atoms with van der Waals surface area (Å²) in [6.45, 7) is 10.0. The standard InChI is InChI=1S/C16H32N4O3.HI/c1-5-18-15(20-12-16(2,3)14(21)17-4)19-8-6-9-23-13-7-10-22-11-13;/h13H,5-12H2,1-4H3,(H,17,21)(H2,18,19,20);1H. The van der Waals surface area contributed by atoms with E-state index in [1.165, 1.54) is 0 Å². The van der Waals surface area contributed by atoms with Crippen LogP contribution in [0.1, 0.15) is 33.6 Å². The average Bonchev–Trinajstić information content (AvgIpc) is 3.04. The Hall–Kier alpha value is -0.610. The third kappa shape index (κ3) is 9.03. The molecule has 1 aliphatic rings. The lowest BCUT2D eigenvalue weighted by Gasteiger charge is -2.21. The summed E-state index contributed by atoms with van der Waals surface area (Å²) in [4.78, 5) is 16.3. The van der Waals surface area contributed by atoms with Crippen molar-refractivity contribution in [1.82, 2.24) is 16.0 Å². The van der Waals surface area contributed by atoms with Gasteiger partial charge in [-0.15, -0.1) is 24.0 Å². The zero-order valence-electron chi connectivity index (χ0n) is 15.3. The molecule has 1 fully saturated rings. The Kier molecular flexibility index (Phi) is 12.4. The highest BCUT2D eigenvalue weighted by Gasteiger charge is 2.26. The van der Waals surface area contributed by atoms with Gasteiger partial charge < -0.3 is 25.4 Å². The van der Waals surface area contributed by atoms with E-state index < -0.39 is 5.41 Å². The van der Waals surface area contributed by atoms with Crippen LogP contribution in [0.25, 0.3) is 0 Å². The highest BCUT2D eigenvalue weighted by molar-refractivity contribution is 14.0. The zero-order chi connectivity index (χ0) is 17.1. The summed E-state index contributed by atoms with van der Waals surface area (Å²) in [6, 6.07) is 0. The molecule has 0 aromatic carbocycles. The van der Waals surface area contributed by atoms with Crippen molar-refractivity contribution in [3.8, 4) is 0 Å². The second kappa shape index (κ2) is 12.7. The Morgan fingerprint density at radius 3 is 2.71 bits per heavy atom. The lowest BCUT2D eigenvalue weighted by molar-refractivity contribution is -0.128. The number of carbonyl (C=O) groups excluding carboxylic acids is 1. The van der Waals surface area contributed by atoms with Gasteiger partial charge in [-0.05, 0) is 33.6 Å². The van der Waals surface area contributed by atoms with E-state index in [2.05, 4.69) is 20.9 Å². The number of amides is 1. The van der Waals surface area contributed by atoms with Crippen molar-refractivity contribution in [3.63, 3.8) is 0 Å². The van der Waals surface area contributed by atoms with Crippen LogP contribution in [0, 0.1) is 5.41 Å². The first kappa shape index (κ1) is 23.4. The number of halogens is 1. The smallest absolute Gasteiger partial charge is 0.227 e. The fraction of sp³-hybridized carbons (Fsp3) is 0.875. The van der Waals surface area contributed by atoms with Crippen molar-refractivity contribution in [2.75, 3.05) is 46.5 Å². The molecule has 0 bridgehead atoms. The molecule has 0 aromatic rings. The van der Waals surface area contributed by atoms with Crippen LogP contribution in [-0.2, 0) is 14.3 Å². The second-order valence-corrected chi connectivity index (χ2v) is 6.29. The van der Waals surface area contributed by atoms with Gasteiger partial charge in [0.25, 0.3) is 0 Å². The van der Waals surface area contributed by atoms with E-state index in [1.54, 1.807) is 7.05 Å². The molecule has 1 heterocycles. The molecule has 3 N–H and O–H groups in total. The Morgan fingerprint density at radius 2 is 2.12 bits per heavy atom. The molecule has 1 aliphatic heterocycles. The summed E-state index contributed by atoms with van der Waals surface area (Å²) in [5.41, 5.74) is -0.525. The molecular weight excluding hydrogens is 423 g/mol. The van der Waals surface area contributed by atoms with E-state index in [1.807, 2.05) is 20.8 Å². The number of hydrogen-bond donors (Lipinski definition) is 3. The molecule has 142 valence electrons. The maximum absolute atomic E-state index is 11.8. The minimum atomic E-state index is -0.525. The van der Waals surface area contributed by atoms with Crippen LogP contribution in [0.2, 0.25) is 0 Å². The van der Waals surface area contributed by atoms with Crippen molar-refractivity contribution in [3.05, 3.63) is 0 Å². The third-order valence-electron chi connectivity index (χ3n) is 3.67. The lowest BCUT2D eigenvalue weighted by Crippen LogP contribution is -2.41. The number of nitrogens with zero attached hydrogens (tertiary/aromatic N) is 1. The van der Waals surface area contributed by atoms with E-state index >= 15 is 0 Å². The molecule has 1 unspecified atom stereocenters. The molecule has 7 nitrogen and oxygen atoms in total. The summed E-state index contributed by atoms with van der Waals surface area (Å²) < 4.78 is 11.0. The van der Waals surface area contributed by atoms with Gasteiger partial charge in [-0.1, -0.05) is 0 Å². The van der Waals surface area contributed by atoms with Gasteiger partial charge in [0.05, 0.1) is 24.7 Å². The Balaban J connectivity index is 0.00000529. The summed E-state index contributed by atoms with van der Waals surface area (Å²) in [7, 11) is 1.65. The predicted molar refractivity (Wildman–Crippen MR) is 107 cm³/mol. The number of carbonyl (C=O) groups is 1. The molecule has 24 heavy (non-hydrogen) atoms. The largest absolute Gasteiger partial charge is 0.379 e. The van der Waals surface area contributed by atoms with Crippen molar-refractivity contribution < 1.29 is 14.3 Å². The predicted octanol–water partition coefficient (Wildman–Crippen LogP) is 1.13. The molecule has 1 saturated heterocycles. The summed E-state index contributed by atoms with van der Waals surface area (Å²) in [5.74, 6) is 0.720. The highest BCUT2D eigenvalue weighted by Crippen LogP contribution is 2.15. The first-order valence-corrected chi connectivity index (χ1v) is 8.43. The summed E-state index contributed by atoms with van der Waals surface area (Å²) in [5, 5.41) is 9.13. The Morgan fingerprint density at radius 1 is 1.38 bits per heavy atom. The van der Waals surface area contributed by atoms with Crippen molar-refractivity contribution >= 4 is 35.8 Å². The Labute approximate surface area is 162 Å². The molecule has 0 radical (unpaired) electrons. The molecule has 0 aromatic heterocycles. The van der Waals surface area contributed by atoms with Crippen molar-refractivity contribution in [1.29, 1.82) is 0 Å². The molecular formula is C16H33IN4O3. The third-order valence-corrected chi connectivity index (χ3v) is 3.67. The fourth-order valence-electron chi connectivity index (χ4n) is 2.20. The normalized spacial score (nSPS) is 18.0. The van der Waals surface area contributed by atoms with Gasteiger partial charge in [0.1, 0.15) is 0 Å². The number of guanidine groups is 1. The van der Waals surface area contributed by atoms with E-state index in [9.17, 15) is 4.79 Å². The van der Waals surface area contributed by atoms with Gasteiger partial charge in [-0.3, -0.25) is 9.79 Å². The summed E-state index contributed by atoms with van der Waals surface area (Å²) in [6.07, 6.45) is 2.15. The topological polar surface area (TPSA) is 84.0 Å². The SMILES string of the molecule is CCNC(=NCC(C)(C)C(=O)NC)NCCCOC1CCOC1.I. The van der Waals surface area contributed by atoms with E-state index in [0.29, 0.717) is 19.8 Å². The molecule has 1 amide bonds. The quantitative estimate of drug-likeness (QED) is 0.210. The zero-order valence-corrected chi connectivity index (χ0v) is 17.6. The van der Waals surface area contributed by atoms with Crippen LogP contribution in [-0.4, -0.2) is 64.5 Å². The van der Waals surface area contributed by atoms with E-state index in [0.717, 1.165) is 38.5 Å². The van der Waals surface area contributed by atoms with Gasteiger partial charge in [0.2, 0.25) is 5.91 Å². The van der Waals surface area contributed by atoms with Crippen LogP contribution < -0.4 is 16.0 Å². The number of hydrogen-bond acceptors (Lipinski definition) is 4. The van der Waals surface area contributed by atoms with Gasteiger partial charge in [0.15, 0.2) is 5.96 Å². The van der Waals surface area contributed by atoms with E-state index in [-0.39, 0.29) is 36.0 Å². The number of ether oxygens (including phenoxy) is 2. The highest BCUT2D eigenvalue weighted by atomic mass is 127. The van der Waals surface area contributed by atoms with Crippen LogP contribution in [0.4, 0.5) is 0 Å². The van der Waals surface area contributed by atoms with Crippen LogP contribution >= 0.6 is 24.0 Å². The second-order valence-electron chi connectivity index (χ2n) is 6.29. The number of aliphatic imine (C=N–C) groups is 1. The fourth-order valence-corrected chi connectivity index (χ4v) is 2.20. The molecule has 0 spiro atoms. The van der Waals surface area contributed by atoms with Gasteiger partial charge in [-0.2, -0.15) is 0 Å². The van der Waals surface area contributed by atoms with Crippen LogP contribution in [0.5, 0.6) is 0 Å². The van der Waals surface area contributed by atoms with E-state index in [4.69, 9.17) is 9.47 Å².